The minimum atomic E-state index is 0.988. The Labute approximate surface area is 100.0 Å². The quantitative estimate of drug-likeness (QED) is 0.600. The molecular formula is C12H8N2S2. The van der Waals surface area contributed by atoms with E-state index >= 15 is 0 Å². The van der Waals surface area contributed by atoms with Crippen LogP contribution in [-0.2, 0) is 0 Å². The van der Waals surface area contributed by atoms with Crippen LogP contribution in [0.3, 0.4) is 0 Å². The molecule has 0 radical (unpaired) electrons. The highest BCUT2D eigenvalue weighted by Gasteiger charge is 1.99. The molecule has 78 valence electrons. The van der Waals surface area contributed by atoms with Crippen molar-refractivity contribution in [2.24, 2.45) is 4.99 Å². The van der Waals surface area contributed by atoms with Crippen molar-refractivity contribution in [1.82, 2.24) is 4.98 Å². The molecule has 3 aromatic rings. The lowest BCUT2D eigenvalue weighted by atomic mass is 10.3. The van der Waals surface area contributed by atoms with E-state index in [4.69, 9.17) is 0 Å². The van der Waals surface area contributed by atoms with Crippen LogP contribution in [0.15, 0.2) is 53.7 Å². The maximum atomic E-state index is 4.62. The highest BCUT2D eigenvalue weighted by Crippen LogP contribution is 2.18. The van der Waals surface area contributed by atoms with Gasteiger partial charge in [0.2, 0.25) is 0 Å². The summed E-state index contributed by atoms with van der Waals surface area (Å²) >= 11 is 0. The first-order valence-electron chi connectivity index (χ1n) is 4.87. The van der Waals surface area contributed by atoms with Gasteiger partial charge in [-0.05, 0) is 24.3 Å². The molecule has 0 N–H and O–H groups in total. The highest BCUT2D eigenvalue weighted by atomic mass is 32.9. The molecule has 0 saturated heterocycles. The van der Waals surface area contributed by atoms with Crippen molar-refractivity contribution in [2.45, 2.75) is 0 Å². The van der Waals surface area contributed by atoms with Crippen molar-refractivity contribution >= 4 is 36.6 Å². The second kappa shape index (κ2) is 4.15. The first-order chi connectivity index (χ1) is 7.93. The molecule has 2 heterocycles. The number of benzene rings is 1. The lowest BCUT2D eigenvalue weighted by molar-refractivity contribution is 1.41. The fourth-order valence-corrected chi connectivity index (χ4v) is 3.67. The number of fused-ring (bicyclic) bond motifs is 1. The zero-order valence-corrected chi connectivity index (χ0v) is 9.96. The molecule has 1 aromatic carbocycles. The molecule has 3 rings (SSSR count). The molecule has 0 aliphatic carbocycles. The second-order valence-electron chi connectivity index (χ2n) is 3.28. The van der Waals surface area contributed by atoms with Crippen LogP contribution in [0.4, 0.5) is 5.69 Å². The Kier molecular flexibility index (Phi) is 2.52. The lowest BCUT2D eigenvalue weighted by Crippen LogP contribution is -1.91. The van der Waals surface area contributed by atoms with E-state index < -0.39 is 0 Å². The van der Waals surface area contributed by atoms with E-state index in [0.717, 1.165) is 20.6 Å². The second-order valence-corrected chi connectivity index (χ2v) is 5.38. The summed E-state index contributed by atoms with van der Waals surface area (Å²) in [5.41, 5.74) is 0.988. The number of hydrogen-bond donors (Lipinski definition) is 0. The minimum Gasteiger partial charge on any atom is -0.244 e. The zero-order chi connectivity index (χ0) is 10.8. The third-order valence-corrected chi connectivity index (χ3v) is 4.42. The molecule has 0 saturated carbocycles. The molecule has 0 aliphatic rings. The van der Waals surface area contributed by atoms with Crippen LogP contribution < -0.4 is 4.67 Å². The Morgan fingerprint density at radius 3 is 2.69 bits per heavy atom. The van der Waals surface area contributed by atoms with Crippen molar-refractivity contribution in [3.05, 3.63) is 53.3 Å². The van der Waals surface area contributed by atoms with Crippen molar-refractivity contribution in [3.8, 4) is 0 Å². The molecule has 2 nitrogen and oxygen atoms in total. The van der Waals surface area contributed by atoms with Gasteiger partial charge in [-0.25, -0.2) is 9.98 Å². The van der Waals surface area contributed by atoms with Crippen LogP contribution in [0.1, 0.15) is 0 Å². The average molecular weight is 244 g/mol. The predicted octanol–water partition coefficient (Wildman–Crippen LogP) is 3.59. The van der Waals surface area contributed by atoms with Crippen molar-refractivity contribution in [3.63, 3.8) is 0 Å². The molecule has 2 aromatic heterocycles. The molecule has 0 spiro atoms. The lowest BCUT2D eigenvalue weighted by Gasteiger charge is -1.89. The minimum absolute atomic E-state index is 0.988. The summed E-state index contributed by atoms with van der Waals surface area (Å²) in [6.07, 6.45) is 1.82. The molecule has 0 amide bonds. The first kappa shape index (κ1) is 9.69. The molecule has 0 atom stereocenters. The van der Waals surface area contributed by atoms with E-state index in [1.807, 2.05) is 42.6 Å². The topological polar surface area (TPSA) is 25.2 Å². The van der Waals surface area contributed by atoms with E-state index in [0.29, 0.717) is 0 Å². The van der Waals surface area contributed by atoms with Gasteiger partial charge in [0.15, 0.2) is 0 Å². The maximum absolute atomic E-state index is 4.62. The van der Waals surface area contributed by atoms with Gasteiger partial charge in [-0.2, -0.15) is 0 Å². The summed E-state index contributed by atoms with van der Waals surface area (Å²) in [4.78, 5) is 9.99. The number of hydrogen-bond acceptors (Lipinski definition) is 4. The van der Waals surface area contributed by atoms with Gasteiger partial charge < -0.3 is 0 Å². The molecule has 0 unspecified atom stereocenters. The van der Waals surface area contributed by atoms with Crippen molar-refractivity contribution < 1.29 is 0 Å². The normalized spacial score (nSPS) is 12.1. The highest BCUT2D eigenvalue weighted by molar-refractivity contribution is 7.71. The number of aromatic nitrogens is 1. The Morgan fingerprint density at radius 1 is 0.938 bits per heavy atom. The molecule has 0 bridgehead atoms. The van der Waals surface area contributed by atoms with E-state index in [2.05, 4.69) is 16.0 Å². The van der Waals surface area contributed by atoms with Crippen LogP contribution in [0, 0.1) is 0 Å². The summed E-state index contributed by atoms with van der Waals surface area (Å²) in [6.45, 7) is 0. The van der Waals surface area contributed by atoms with Crippen molar-refractivity contribution in [1.29, 1.82) is 0 Å². The summed E-state index contributed by atoms with van der Waals surface area (Å²) in [5.74, 6) is 0. The standard InChI is InChI=1S/C12H8N2S2/c1-2-5-9(6-3-1)14-12-10-7-4-8-13-11(10)15-16-12/h1-8H. The van der Waals surface area contributed by atoms with Gasteiger partial charge in [0.1, 0.15) is 9.50 Å². The third-order valence-electron chi connectivity index (χ3n) is 2.19. The van der Waals surface area contributed by atoms with Crippen LogP contribution >= 0.6 is 20.7 Å². The number of pyridine rings is 1. The van der Waals surface area contributed by atoms with Crippen LogP contribution in [-0.4, -0.2) is 4.98 Å². The Morgan fingerprint density at radius 2 is 1.81 bits per heavy atom. The Bertz CT molecular complexity index is 668. The van der Waals surface area contributed by atoms with E-state index in [-0.39, 0.29) is 0 Å². The summed E-state index contributed by atoms with van der Waals surface area (Å²) < 4.78 is 1.04. The summed E-state index contributed by atoms with van der Waals surface area (Å²) in [7, 11) is 3.34. The van der Waals surface area contributed by atoms with Crippen LogP contribution in [0.5, 0.6) is 0 Å². The third kappa shape index (κ3) is 1.77. The van der Waals surface area contributed by atoms with Gasteiger partial charge >= 0.3 is 0 Å². The molecular weight excluding hydrogens is 236 g/mol. The smallest absolute Gasteiger partial charge is 0.137 e. The molecule has 0 fully saturated rings. The average Bonchev–Trinajstić information content (AvgIpc) is 2.74. The molecule has 4 heteroatoms. The summed E-state index contributed by atoms with van der Waals surface area (Å²) in [5, 5.41) is 1.14. The van der Waals surface area contributed by atoms with Gasteiger partial charge in [0.05, 0.1) is 5.69 Å². The largest absolute Gasteiger partial charge is 0.244 e. The fraction of sp³-hybridized carbons (Fsp3) is 0. The van der Waals surface area contributed by atoms with E-state index in [1.165, 1.54) is 0 Å². The maximum Gasteiger partial charge on any atom is 0.137 e. The Balaban J connectivity index is 2.23. The van der Waals surface area contributed by atoms with Gasteiger partial charge in [-0.15, -0.1) is 0 Å². The zero-order valence-electron chi connectivity index (χ0n) is 8.33. The Hall–Kier alpha value is -1.52. The van der Waals surface area contributed by atoms with Crippen LogP contribution in [0.2, 0.25) is 0 Å². The fourth-order valence-electron chi connectivity index (χ4n) is 1.44. The van der Waals surface area contributed by atoms with E-state index in [9.17, 15) is 0 Å². The summed E-state index contributed by atoms with van der Waals surface area (Å²) in [6, 6.07) is 14.0. The molecule has 16 heavy (non-hydrogen) atoms. The van der Waals surface area contributed by atoms with Gasteiger partial charge in [-0.1, -0.05) is 38.9 Å². The van der Waals surface area contributed by atoms with Crippen LogP contribution in [0.25, 0.3) is 10.2 Å². The number of nitrogens with zero attached hydrogens (tertiary/aromatic N) is 2. The van der Waals surface area contributed by atoms with Gasteiger partial charge in [-0.3, -0.25) is 0 Å². The predicted molar refractivity (Wildman–Crippen MR) is 69.2 cm³/mol. The first-order valence-corrected chi connectivity index (χ1v) is 7.02. The van der Waals surface area contributed by atoms with Gasteiger partial charge in [0, 0.05) is 11.6 Å². The monoisotopic (exact) mass is 244 g/mol. The van der Waals surface area contributed by atoms with Gasteiger partial charge in [0.25, 0.3) is 0 Å². The SMILES string of the molecule is c1ccc(N=c2ssc3ncccc23)cc1. The number of rotatable bonds is 1. The van der Waals surface area contributed by atoms with E-state index in [1.54, 1.807) is 20.7 Å². The van der Waals surface area contributed by atoms with Crippen molar-refractivity contribution in [2.75, 3.05) is 0 Å². The molecule has 0 aliphatic heterocycles. The number of para-hydroxylation sites is 1.